The van der Waals surface area contributed by atoms with Crippen LogP contribution >= 0.6 is 0 Å². The van der Waals surface area contributed by atoms with E-state index >= 15 is 0 Å². The Labute approximate surface area is 189 Å². The van der Waals surface area contributed by atoms with Crippen molar-refractivity contribution < 1.29 is 39.9 Å². The molecule has 35 heavy (non-hydrogen) atoms. The third-order valence-electron chi connectivity index (χ3n) is 4.95. The molecular formula is C20H8F8N6O. The van der Waals surface area contributed by atoms with Crippen LogP contribution in [-0.4, -0.2) is 5.78 Å². The Morgan fingerprint density at radius 3 is 1.20 bits per heavy atom. The highest BCUT2D eigenvalue weighted by Gasteiger charge is 2.29. The van der Waals surface area contributed by atoms with Crippen molar-refractivity contribution in [3.63, 3.8) is 0 Å². The lowest BCUT2D eigenvalue weighted by atomic mass is 9.86. The van der Waals surface area contributed by atoms with Crippen LogP contribution < -0.4 is 0 Å². The Balaban J connectivity index is 2.13. The first kappa shape index (κ1) is 25.3. The highest BCUT2D eigenvalue weighted by atomic mass is 19.2. The van der Waals surface area contributed by atoms with Crippen molar-refractivity contribution in [3.8, 4) is 0 Å². The summed E-state index contributed by atoms with van der Waals surface area (Å²) < 4.78 is 113. The van der Waals surface area contributed by atoms with E-state index in [0.29, 0.717) is 12.2 Å². The lowest BCUT2D eigenvalue weighted by Gasteiger charge is -2.17. The molecule has 1 fully saturated rings. The van der Waals surface area contributed by atoms with Gasteiger partial charge in [-0.25, -0.2) is 35.1 Å². The summed E-state index contributed by atoms with van der Waals surface area (Å²) in [5.74, 6) is -17.1. The molecule has 2 aromatic carbocycles. The van der Waals surface area contributed by atoms with E-state index in [4.69, 9.17) is 11.1 Å². The quantitative estimate of drug-likeness (QED) is 0.104. The van der Waals surface area contributed by atoms with Gasteiger partial charge in [0.25, 0.3) is 0 Å². The number of Topliss-reactive ketones (excluding diaryl/α,β-unsaturated/α-hetero) is 1. The number of nitrogens with zero attached hydrogens (tertiary/aromatic N) is 6. The van der Waals surface area contributed by atoms with Gasteiger partial charge in [-0.15, -0.1) is 0 Å². The molecule has 0 aliphatic heterocycles. The van der Waals surface area contributed by atoms with E-state index in [1.807, 2.05) is 0 Å². The summed E-state index contributed by atoms with van der Waals surface area (Å²) in [6, 6.07) is 0. The van der Waals surface area contributed by atoms with E-state index < -0.39 is 86.0 Å². The number of halogens is 8. The Morgan fingerprint density at radius 2 is 0.914 bits per heavy atom. The molecule has 0 amide bonds. The molecule has 7 nitrogen and oxygen atoms in total. The van der Waals surface area contributed by atoms with Gasteiger partial charge in [0.15, 0.2) is 52.3 Å². The van der Waals surface area contributed by atoms with Crippen molar-refractivity contribution in [3.05, 3.63) is 89.7 Å². The first-order valence-corrected chi connectivity index (χ1v) is 9.33. The third kappa shape index (κ3) is 4.42. The molecule has 0 unspecified atom stereocenters. The molecular weight excluding hydrogens is 492 g/mol. The Morgan fingerprint density at radius 1 is 0.600 bits per heavy atom. The predicted molar refractivity (Wildman–Crippen MR) is 105 cm³/mol. The third-order valence-corrected chi connectivity index (χ3v) is 4.95. The molecule has 0 radical (unpaired) electrons. The molecule has 0 aromatic heterocycles. The standard InChI is InChI=1S/C20H8F8N6O/c21-10-8(11(22)15(26)18(14(10)25)31-33-29)4-6-2-1-3-7(20(6)35)5-9-12(23)16(27)19(32-34-30)17(28)13(9)24/h4-5H,1-3H2/b6-4+,7-5+. The second-order valence-corrected chi connectivity index (χ2v) is 6.94. The first-order valence-electron chi connectivity index (χ1n) is 9.33. The molecule has 3 rings (SSSR count). The average molecular weight is 500 g/mol. The van der Waals surface area contributed by atoms with Crippen molar-refractivity contribution in [2.24, 2.45) is 10.2 Å². The highest BCUT2D eigenvalue weighted by molar-refractivity contribution is 6.14. The zero-order valence-electron chi connectivity index (χ0n) is 16.9. The van der Waals surface area contributed by atoms with Crippen LogP contribution in [0.15, 0.2) is 21.4 Å². The molecule has 0 bridgehead atoms. The summed E-state index contributed by atoms with van der Waals surface area (Å²) in [4.78, 5) is 16.8. The SMILES string of the molecule is [N-]=[N+]=Nc1c(F)c(F)c(/C=C2\CCC/C(=C\c3c(F)c(F)c(N=[N+]=[N-])c(F)c3F)C2=O)c(F)c1F. The Bertz CT molecular complexity index is 1270. The smallest absolute Gasteiger partial charge is 0.185 e. The molecule has 0 N–H and O–H groups in total. The topological polar surface area (TPSA) is 115 Å². The van der Waals surface area contributed by atoms with Crippen LogP contribution in [0.5, 0.6) is 0 Å². The minimum absolute atomic E-state index is 0.0411. The second kappa shape index (κ2) is 9.87. The van der Waals surface area contributed by atoms with Crippen molar-refractivity contribution in [1.82, 2.24) is 0 Å². The number of rotatable bonds is 4. The van der Waals surface area contributed by atoms with Crippen molar-refractivity contribution >= 4 is 29.3 Å². The number of allylic oxidation sites excluding steroid dienone is 2. The summed E-state index contributed by atoms with van der Waals surface area (Å²) in [6.45, 7) is 0. The molecule has 0 atom stereocenters. The second-order valence-electron chi connectivity index (χ2n) is 6.94. The lowest BCUT2D eigenvalue weighted by Crippen LogP contribution is -2.13. The number of azide groups is 2. The molecule has 1 aliphatic carbocycles. The highest BCUT2D eigenvalue weighted by Crippen LogP contribution is 2.36. The number of benzene rings is 2. The van der Waals surface area contributed by atoms with Crippen LogP contribution in [0.25, 0.3) is 33.0 Å². The minimum atomic E-state index is -2.03. The zero-order chi connectivity index (χ0) is 26.0. The fourth-order valence-electron chi connectivity index (χ4n) is 3.32. The first-order chi connectivity index (χ1) is 16.5. The molecule has 180 valence electrons. The van der Waals surface area contributed by atoms with Gasteiger partial charge in [-0.3, -0.25) is 4.79 Å². The maximum atomic E-state index is 14.3. The van der Waals surface area contributed by atoms with Crippen LogP contribution in [0.2, 0.25) is 0 Å². The van der Waals surface area contributed by atoms with Gasteiger partial charge in [0.2, 0.25) is 0 Å². The number of hydrogen-bond donors (Lipinski definition) is 0. The summed E-state index contributed by atoms with van der Waals surface area (Å²) >= 11 is 0. The molecule has 0 spiro atoms. The molecule has 1 saturated carbocycles. The molecule has 2 aromatic rings. The normalized spacial score (nSPS) is 15.8. The number of hydrogen-bond acceptors (Lipinski definition) is 3. The van der Waals surface area contributed by atoms with Gasteiger partial charge in [-0.1, -0.05) is 10.2 Å². The van der Waals surface area contributed by atoms with Gasteiger partial charge in [0.1, 0.15) is 11.4 Å². The predicted octanol–water partition coefficient (Wildman–Crippen LogP) is 7.90. The van der Waals surface area contributed by atoms with Crippen LogP contribution in [0, 0.1) is 46.5 Å². The van der Waals surface area contributed by atoms with E-state index in [2.05, 4.69) is 20.1 Å². The molecule has 0 heterocycles. The van der Waals surface area contributed by atoms with Crippen molar-refractivity contribution in [2.75, 3.05) is 0 Å². The van der Waals surface area contributed by atoms with Crippen molar-refractivity contribution in [1.29, 1.82) is 0 Å². The Kier molecular flexibility index (Phi) is 7.13. The van der Waals surface area contributed by atoms with Gasteiger partial charge >= 0.3 is 0 Å². The van der Waals surface area contributed by atoms with Gasteiger partial charge in [-0.2, -0.15) is 0 Å². The number of carbonyl (C=O) groups excluding carboxylic acids is 1. The van der Waals surface area contributed by atoms with E-state index in [1.165, 1.54) is 0 Å². The number of ketones is 1. The van der Waals surface area contributed by atoms with Gasteiger partial charge in [0, 0.05) is 21.0 Å². The minimum Gasteiger partial charge on any atom is -0.289 e. The maximum absolute atomic E-state index is 14.3. The summed E-state index contributed by atoms with van der Waals surface area (Å²) in [7, 11) is 0. The van der Waals surface area contributed by atoms with Crippen LogP contribution in [-0.2, 0) is 4.79 Å². The van der Waals surface area contributed by atoms with Gasteiger partial charge in [-0.05, 0) is 42.5 Å². The largest absolute Gasteiger partial charge is 0.289 e. The maximum Gasteiger partial charge on any atom is 0.185 e. The fraction of sp³-hybridized carbons (Fsp3) is 0.150. The number of carbonyl (C=O) groups is 1. The van der Waals surface area contributed by atoms with Gasteiger partial charge in [0.05, 0.1) is 11.1 Å². The Hall–Kier alpha value is -4.35. The van der Waals surface area contributed by atoms with Crippen LogP contribution in [0.3, 0.4) is 0 Å². The summed E-state index contributed by atoms with van der Waals surface area (Å²) in [5.41, 5.74) is 9.88. The average Bonchev–Trinajstić information content (AvgIpc) is 2.84. The van der Waals surface area contributed by atoms with E-state index in [-0.39, 0.29) is 19.3 Å². The lowest BCUT2D eigenvalue weighted by molar-refractivity contribution is -0.112. The van der Waals surface area contributed by atoms with E-state index in [0.717, 1.165) is 0 Å². The molecule has 1 aliphatic rings. The van der Waals surface area contributed by atoms with E-state index in [9.17, 15) is 39.9 Å². The molecule has 0 saturated heterocycles. The fourth-order valence-corrected chi connectivity index (χ4v) is 3.32. The summed E-state index contributed by atoms with van der Waals surface area (Å²) in [6.07, 6.45) is 0.606. The monoisotopic (exact) mass is 500 g/mol. The van der Waals surface area contributed by atoms with E-state index in [1.54, 1.807) is 0 Å². The van der Waals surface area contributed by atoms with Crippen LogP contribution in [0.4, 0.5) is 46.5 Å². The summed E-state index contributed by atoms with van der Waals surface area (Å²) in [5, 5.41) is 5.07. The van der Waals surface area contributed by atoms with Gasteiger partial charge < -0.3 is 0 Å². The zero-order valence-corrected chi connectivity index (χ0v) is 16.9. The molecule has 15 heteroatoms. The van der Waals surface area contributed by atoms with Crippen LogP contribution in [0.1, 0.15) is 30.4 Å². The van der Waals surface area contributed by atoms with Crippen molar-refractivity contribution in [2.45, 2.75) is 19.3 Å².